The Bertz CT molecular complexity index is 335. The third-order valence-corrected chi connectivity index (χ3v) is 3.52. The maximum absolute atomic E-state index is 11.9. The van der Waals surface area contributed by atoms with E-state index in [4.69, 9.17) is 0 Å². The Morgan fingerprint density at radius 1 is 1.25 bits per heavy atom. The normalized spacial score (nSPS) is 18.9. The quantitative estimate of drug-likeness (QED) is 0.764. The van der Waals surface area contributed by atoms with Gasteiger partial charge in [-0.1, -0.05) is 32.1 Å². The molecule has 1 amide bonds. The van der Waals surface area contributed by atoms with Gasteiger partial charge in [0.05, 0.1) is 19.1 Å². The monoisotopic (exact) mass is 288 g/mol. The van der Waals surface area contributed by atoms with Crippen molar-refractivity contribution < 1.29 is 18.3 Å². The lowest BCUT2D eigenvalue weighted by molar-refractivity contribution is -0.124. The lowest BCUT2D eigenvalue weighted by Gasteiger charge is -2.29. The summed E-state index contributed by atoms with van der Waals surface area (Å²) < 4.78 is 28.4. The van der Waals surface area contributed by atoms with Gasteiger partial charge in [0.2, 0.25) is 5.91 Å². The summed E-state index contributed by atoms with van der Waals surface area (Å²) in [7, 11) is 0. The van der Waals surface area contributed by atoms with Gasteiger partial charge in [-0.05, 0) is 12.8 Å². The molecule has 0 heterocycles. The van der Waals surface area contributed by atoms with Crippen LogP contribution in [0.5, 0.6) is 0 Å². The van der Waals surface area contributed by atoms with Gasteiger partial charge < -0.3 is 10.1 Å². The van der Waals surface area contributed by atoms with Gasteiger partial charge in [0.15, 0.2) is 0 Å². The number of hydrogen-bond donors (Lipinski definition) is 1. The molecule has 1 saturated carbocycles. The number of alkyl halides is 2. The Morgan fingerprint density at radius 2 is 1.85 bits per heavy atom. The van der Waals surface area contributed by atoms with E-state index in [0.717, 1.165) is 25.7 Å². The molecular weight excluding hydrogens is 266 g/mol. The fraction of sp³-hybridized carbons (Fsp3) is 0.857. The number of rotatable bonds is 6. The first-order valence-corrected chi connectivity index (χ1v) is 7.16. The molecule has 1 N–H and O–H groups in total. The fourth-order valence-corrected chi connectivity index (χ4v) is 2.44. The first-order valence-electron chi connectivity index (χ1n) is 7.16. The molecular formula is C14H22F2N2O2. The first kappa shape index (κ1) is 16.8. The zero-order valence-electron chi connectivity index (χ0n) is 11.7. The van der Waals surface area contributed by atoms with Gasteiger partial charge in [0.25, 0.3) is 6.43 Å². The van der Waals surface area contributed by atoms with Gasteiger partial charge in [-0.2, -0.15) is 5.26 Å². The molecule has 114 valence electrons. The van der Waals surface area contributed by atoms with Crippen molar-refractivity contribution in [3.8, 4) is 6.07 Å². The Balaban J connectivity index is 2.37. The molecule has 1 aliphatic rings. The molecule has 1 fully saturated rings. The van der Waals surface area contributed by atoms with Crippen LogP contribution in [0.1, 0.15) is 51.4 Å². The number of carbonyl (C=O) groups excluding carboxylic acids is 1. The Morgan fingerprint density at radius 3 is 2.40 bits per heavy atom. The van der Waals surface area contributed by atoms with Crippen molar-refractivity contribution in [2.45, 2.75) is 63.3 Å². The lowest BCUT2D eigenvalue weighted by atomic mass is 9.85. The summed E-state index contributed by atoms with van der Waals surface area (Å²) in [6, 6.07) is 2.23. The fourth-order valence-electron chi connectivity index (χ4n) is 2.44. The number of halogens is 2. The van der Waals surface area contributed by atoms with Crippen LogP contribution in [0.25, 0.3) is 0 Å². The average Bonchev–Trinajstić information content (AvgIpc) is 2.38. The minimum atomic E-state index is -2.52. The van der Waals surface area contributed by atoms with Crippen molar-refractivity contribution in [1.29, 1.82) is 5.26 Å². The topological polar surface area (TPSA) is 62.1 Å². The average molecular weight is 288 g/mol. The molecule has 4 nitrogen and oxygen atoms in total. The largest absolute Gasteiger partial charge is 0.375 e. The lowest BCUT2D eigenvalue weighted by Crippen LogP contribution is -2.48. The van der Waals surface area contributed by atoms with Crippen LogP contribution in [0.3, 0.4) is 0 Å². The van der Waals surface area contributed by atoms with Crippen LogP contribution in [0.4, 0.5) is 8.78 Å². The minimum Gasteiger partial charge on any atom is -0.375 e. The molecule has 1 aliphatic carbocycles. The molecule has 0 aliphatic heterocycles. The van der Waals surface area contributed by atoms with E-state index in [1.54, 1.807) is 0 Å². The van der Waals surface area contributed by atoms with Crippen molar-refractivity contribution >= 4 is 5.91 Å². The number of ether oxygens (including phenoxy) is 1. The number of carbonyl (C=O) groups is 1. The van der Waals surface area contributed by atoms with Crippen LogP contribution in [-0.4, -0.2) is 31.1 Å². The number of hydrogen-bond acceptors (Lipinski definition) is 3. The van der Waals surface area contributed by atoms with Crippen LogP contribution in [0, 0.1) is 11.3 Å². The van der Waals surface area contributed by atoms with Crippen LogP contribution in [0.2, 0.25) is 0 Å². The molecule has 1 rings (SSSR count). The van der Waals surface area contributed by atoms with E-state index in [1.807, 2.05) is 0 Å². The summed E-state index contributed by atoms with van der Waals surface area (Å²) in [6.45, 7) is -0.700. The van der Waals surface area contributed by atoms with Gasteiger partial charge in [0, 0.05) is 0 Å². The van der Waals surface area contributed by atoms with Crippen molar-refractivity contribution in [2.75, 3.05) is 13.2 Å². The second-order valence-corrected chi connectivity index (χ2v) is 5.23. The van der Waals surface area contributed by atoms with Gasteiger partial charge in [-0.15, -0.1) is 0 Å². The van der Waals surface area contributed by atoms with E-state index < -0.39 is 18.6 Å². The molecule has 0 radical (unpaired) electrons. The zero-order chi connectivity index (χ0) is 14.8. The van der Waals surface area contributed by atoms with E-state index in [0.29, 0.717) is 12.8 Å². The molecule has 0 spiro atoms. The predicted octanol–water partition coefficient (Wildman–Crippen LogP) is 2.78. The smallest absolute Gasteiger partial charge is 0.261 e. The maximum atomic E-state index is 11.9. The molecule has 0 aromatic heterocycles. The highest BCUT2D eigenvalue weighted by Gasteiger charge is 2.31. The molecule has 0 unspecified atom stereocenters. The second kappa shape index (κ2) is 8.85. The van der Waals surface area contributed by atoms with Crippen molar-refractivity contribution in [3.05, 3.63) is 0 Å². The number of nitrogens with zero attached hydrogens (tertiary/aromatic N) is 1. The molecule has 0 saturated heterocycles. The molecule has 0 atom stereocenters. The van der Waals surface area contributed by atoms with Gasteiger partial charge >= 0.3 is 0 Å². The highest BCUT2D eigenvalue weighted by Crippen LogP contribution is 2.25. The highest BCUT2D eigenvalue weighted by molar-refractivity contribution is 5.77. The van der Waals surface area contributed by atoms with E-state index in [2.05, 4.69) is 16.1 Å². The molecule has 0 aromatic carbocycles. The van der Waals surface area contributed by atoms with Crippen LogP contribution in [0.15, 0.2) is 0 Å². The van der Waals surface area contributed by atoms with E-state index in [1.165, 1.54) is 6.42 Å². The van der Waals surface area contributed by atoms with Crippen molar-refractivity contribution in [2.24, 2.45) is 0 Å². The van der Waals surface area contributed by atoms with Crippen LogP contribution < -0.4 is 5.32 Å². The summed E-state index contributed by atoms with van der Waals surface area (Å²) >= 11 is 0. The Kier molecular flexibility index (Phi) is 7.45. The Labute approximate surface area is 118 Å². The third kappa shape index (κ3) is 6.29. The molecule has 6 heteroatoms. The first-order chi connectivity index (χ1) is 9.58. The van der Waals surface area contributed by atoms with Gasteiger partial charge in [-0.3, -0.25) is 4.79 Å². The predicted molar refractivity (Wildman–Crippen MR) is 70.2 cm³/mol. The van der Waals surface area contributed by atoms with Gasteiger partial charge in [-0.25, -0.2) is 8.78 Å². The van der Waals surface area contributed by atoms with E-state index >= 15 is 0 Å². The number of amides is 1. The summed E-state index contributed by atoms with van der Waals surface area (Å²) in [4.78, 5) is 11.8. The zero-order valence-corrected chi connectivity index (χ0v) is 11.7. The summed E-state index contributed by atoms with van der Waals surface area (Å²) in [5.41, 5.74) is -0.791. The summed E-state index contributed by atoms with van der Waals surface area (Å²) in [5, 5.41) is 12.1. The molecule has 0 aromatic rings. The van der Waals surface area contributed by atoms with E-state index in [9.17, 15) is 18.8 Å². The SMILES string of the molecule is N#CC1(NC(=O)CCOCC(F)F)CCCCCCC1. The van der Waals surface area contributed by atoms with E-state index in [-0.39, 0.29) is 18.9 Å². The summed E-state index contributed by atoms with van der Waals surface area (Å²) in [6.07, 6.45) is 4.00. The summed E-state index contributed by atoms with van der Waals surface area (Å²) in [5.74, 6) is -0.304. The molecule has 0 bridgehead atoms. The Hall–Kier alpha value is -1.22. The maximum Gasteiger partial charge on any atom is 0.261 e. The second-order valence-electron chi connectivity index (χ2n) is 5.23. The number of nitriles is 1. The molecule has 20 heavy (non-hydrogen) atoms. The van der Waals surface area contributed by atoms with Crippen molar-refractivity contribution in [3.63, 3.8) is 0 Å². The highest BCUT2D eigenvalue weighted by atomic mass is 19.3. The standard InChI is InChI=1S/C14H22F2N2O2/c15-12(16)10-20-9-6-13(19)18-14(11-17)7-4-2-1-3-5-8-14/h12H,1-10H2,(H,18,19). The van der Waals surface area contributed by atoms with Crippen molar-refractivity contribution in [1.82, 2.24) is 5.32 Å². The van der Waals surface area contributed by atoms with Gasteiger partial charge in [0.1, 0.15) is 12.1 Å². The van der Waals surface area contributed by atoms with Crippen LogP contribution in [-0.2, 0) is 9.53 Å². The number of nitrogens with one attached hydrogen (secondary N) is 1. The van der Waals surface area contributed by atoms with Crippen LogP contribution >= 0.6 is 0 Å². The minimum absolute atomic E-state index is 0.0101. The third-order valence-electron chi connectivity index (χ3n) is 3.52.